The summed E-state index contributed by atoms with van der Waals surface area (Å²) in [5.41, 5.74) is 6.39. The fraction of sp³-hybridized carbons (Fsp3) is 0.333. The lowest BCUT2D eigenvalue weighted by atomic mass is 9.90. The molecular formula is C27H28O4S. The Morgan fingerprint density at radius 2 is 1.75 bits per heavy atom. The first-order chi connectivity index (χ1) is 15.4. The standard InChI is InChI=1S/C27H28O4S/c1-18-11-12-26(32(28,29)30)22(13-18)15-24-16-23-14-21(19-7-5-6-8-19)17-25(27(23)31-24)20-9-3-2-4-10-20/h2-4,9-14,17,19,24H,5-8,15-16H2,1H3,(H,28,29,30). The zero-order chi connectivity index (χ0) is 22.3. The topological polar surface area (TPSA) is 63.6 Å². The number of hydrogen-bond acceptors (Lipinski definition) is 3. The summed E-state index contributed by atoms with van der Waals surface area (Å²) < 4.78 is 39.9. The minimum atomic E-state index is -4.28. The molecule has 32 heavy (non-hydrogen) atoms. The van der Waals surface area contributed by atoms with Crippen LogP contribution in [0.1, 0.15) is 53.9 Å². The average Bonchev–Trinajstić information content (AvgIpc) is 3.42. The third-order valence-corrected chi connectivity index (χ3v) is 7.73. The monoisotopic (exact) mass is 448 g/mol. The van der Waals surface area contributed by atoms with E-state index in [-0.39, 0.29) is 11.0 Å². The molecule has 166 valence electrons. The van der Waals surface area contributed by atoms with Crippen LogP contribution in [0.25, 0.3) is 11.1 Å². The van der Waals surface area contributed by atoms with Gasteiger partial charge in [0.15, 0.2) is 0 Å². The number of fused-ring (bicyclic) bond motifs is 1. The van der Waals surface area contributed by atoms with Gasteiger partial charge in [-0.15, -0.1) is 0 Å². The lowest BCUT2D eigenvalue weighted by molar-refractivity contribution is 0.233. The van der Waals surface area contributed by atoms with E-state index in [0.717, 1.165) is 28.9 Å². The minimum absolute atomic E-state index is 0.0300. The normalized spacial score (nSPS) is 18.5. The second-order valence-corrected chi connectivity index (χ2v) is 10.5. The molecule has 0 spiro atoms. The Hall–Kier alpha value is -2.63. The van der Waals surface area contributed by atoms with Crippen LogP contribution < -0.4 is 4.74 Å². The van der Waals surface area contributed by atoms with Gasteiger partial charge in [-0.05, 0) is 60.1 Å². The second kappa shape index (κ2) is 8.38. The molecule has 1 N–H and O–H groups in total. The molecule has 1 aliphatic carbocycles. The molecule has 1 unspecified atom stereocenters. The quantitative estimate of drug-likeness (QED) is 0.478. The Balaban J connectivity index is 1.51. The highest BCUT2D eigenvalue weighted by atomic mass is 32.2. The first-order valence-corrected chi connectivity index (χ1v) is 12.8. The van der Waals surface area contributed by atoms with Crippen LogP contribution in [-0.2, 0) is 23.0 Å². The fourth-order valence-corrected chi connectivity index (χ4v) is 5.98. The molecule has 3 aromatic rings. The molecule has 0 bridgehead atoms. The van der Waals surface area contributed by atoms with Gasteiger partial charge < -0.3 is 4.74 Å². The van der Waals surface area contributed by atoms with Gasteiger partial charge in [0.2, 0.25) is 0 Å². The maximum Gasteiger partial charge on any atom is 0.294 e. The number of aryl methyl sites for hydroxylation is 1. The van der Waals surface area contributed by atoms with Crippen LogP contribution in [0.3, 0.4) is 0 Å². The SMILES string of the molecule is Cc1ccc(S(=O)(=O)O)c(CC2Cc3cc(C4CCCC4)cc(-c4ccccc4)c3O2)c1. The molecule has 5 heteroatoms. The predicted octanol–water partition coefficient (Wildman–Crippen LogP) is 6.11. The zero-order valence-electron chi connectivity index (χ0n) is 18.3. The molecular weight excluding hydrogens is 420 g/mol. The Morgan fingerprint density at radius 1 is 1.00 bits per heavy atom. The highest BCUT2D eigenvalue weighted by Gasteiger charge is 2.30. The summed E-state index contributed by atoms with van der Waals surface area (Å²) in [6, 6.07) is 19.9. The van der Waals surface area contributed by atoms with Gasteiger partial charge >= 0.3 is 0 Å². The molecule has 5 rings (SSSR count). The first-order valence-electron chi connectivity index (χ1n) is 11.3. The lowest BCUT2D eigenvalue weighted by Crippen LogP contribution is -2.18. The molecule has 1 aliphatic heterocycles. The van der Waals surface area contributed by atoms with Crippen molar-refractivity contribution in [1.29, 1.82) is 0 Å². The zero-order valence-corrected chi connectivity index (χ0v) is 19.1. The van der Waals surface area contributed by atoms with E-state index in [1.807, 2.05) is 31.2 Å². The van der Waals surface area contributed by atoms with Crippen molar-refractivity contribution in [2.75, 3.05) is 0 Å². The van der Waals surface area contributed by atoms with Crippen molar-refractivity contribution < 1.29 is 17.7 Å². The van der Waals surface area contributed by atoms with Crippen LogP contribution in [0.15, 0.2) is 65.6 Å². The minimum Gasteiger partial charge on any atom is -0.489 e. The molecule has 3 aromatic carbocycles. The smallest absolute Gasteiger partial charge is 0.294 e. The number of rotatable bonds is 5. The number of ether oxygens (including phenoxy) is 1. The largest absolute Gasteiger partial charge is 0.489 e. The van der Waals surface area contributed by atoms with Crippen LogP contribution in [0.2, 0.25) is 0 Å². The predicted molar refractivity (Wildman–Crippen MR) is 126 cm³/mol. The maximum absolute atomic E-state index is 11.9. The summed E-state index contributed by atoms with van der Waals surface area (Å²) in [6.45, 7) is 1.92. The van der Waals surface area contributed by atoms with E-state index in [0.29, 0.717) is 17.9 Å². The van der Waals surface area contributed by atoms with E-state index in [4.69, 9.17) is 4.74 Å². The van der Waals surface area contributed by atoms with E-state index < -0.39 is 10.1 Å². The van der Waals surface area contributed by atoms with Gasteiger partial charge in [-0.2, -0.15) is 8.42 Å². The molecule has 0 radical (unpaired) electrons. The van der Waals surface area contributed by atoms with Gasteiger partial charge in [-0.1, -0.05) is 66.9 Å². The van der Waals surface area contributed by atoms with Crippen molar-refractivity contribution in [1.82, 2.24) is 0 Å². The molecule has 0 saturated heterocycles. The van der Waals surface area contributed by atoms with Crippen molar-refractivity contribution in [2.45, 2.75) is 62.4 Å². The maximum atomic E-state index is 11.9. The molecule has 1 atom stereocenters. The van der Waals surface area contributed by atoms with Crippen LogP contribution in [0.4, 0.5) is 0 Å². The van der Waals surface area contributed by atoms with Gasteiger partial charge in [-0.25, -0.2) is 0 Å². The summed E-state index contributed by atoms with van der Waals surface area (Å²) in [5.74, 6) is 1.51. The van der Waals surface area contributed by atoms with Crippen molar-refractivity contribution in [3.63, 3.8) is 0 Å². The summed E-state index contributed by atoms with van der Waals surface area (Å²) in [4.78, 5) is -0.0300. The first kappa shape index (κ1) is 21.2. The second-order valence-electron chi connectivity index (χ2n) is 9.14. The fourth-order valence-electron chi connectivity index (χ4n) is 5.26. The highest BCUT2D eigenvalue weighted by molar-refractivity contribution is 7.85. The molecule has 0 aromatic heterocycles. The lowest BCUT2D eigenvalue weighted by Gasteiger charge is -2.17. The Bertz CT molecular complexity index is 1240. The van der Waals surface area contributed by atoms with Gasteiger partial charge in [0.25, 0.3) is 10.1 Å². The van der Waals surface area contributed by atoms with Gasteiger partial charge in [0.05, 0.1) is 4.90 Å². The van der Waals surface area contributed by atoms with Crippen LogP contribution in [-0.4, -0.2) is 19.1 Å². The highest BCUT2D eigenvalue weighted by Crippen LogP contribution is 2.44. The molecule has 1 saturated carbocycles. The Kier molecular flexibility index (Phi) is 5.56. The third-order valence-electron chi connectivity index (χ3n) is 6.77. The van der Waals surface area contributed by atoms with Crippen molar-refractivity contribution in [2.24, 2.45) is 0 Å². The van der Waals surface area contributed by atoms with Crippen LogP contribution in [0.5, 0.6) is 5.75 Å². The van der Waals surface area contributed by atoms with Gasteiger partial charge in [0, 0.05) is 18.4 Å². The summed E-state index contributed by atoms with van der Waals surface area (Å²) in [5, 5.41) is 0. The molecule has 1 fully saturated rings. The van der Waals surface area contributed by atoms with E-state index in [1.54, 1.807) is 6.07 Å². The molecule has 2 aliphatic rings. The van der Waals surface area contributed by atoms with Gasteiger partial charge in [0.1, 0.15) is 11.9 Å². The van der Waals surface area contributed by atoms with E-state index >= 15 is 0 Å². The molecule has 0 amide bonds. The molecule has 4 nitrogen and oxygen atoms in total. The summed E-state index contributed by atoms with van der Waals surface area (Å²) >= 11 is 0. The van der Waals surface area contributed by atoms with Crippen LogP contribution >= 0.6 is 0 Å². The summed E-state index contributed by atoms with van der Waals surface area (Å²) in [6.07, 6.45) is 6.03. The van der Waals surface area contributed by atoms with Crippen molar-refractivity contribution >= 4 is 10.1 Å². The van der Waals surface area contributed by atoms with E-state index in [9.17, 15) is 13.0 Å². The third kappa shape index (κ3) is 4.19. The molecule has 1 heterocycles. The van der Waals surface area contributed by atoms with Crippen molar-refractivity contribution in [3.8, 4) is 16.9 Å². The van der Waals surface area contributed by atoms with Crippen molar-refractivity contribution in [3.05, 3.63) is 82.9 Å². The summed E-state index contributed by atoms with van der Waals surface area (Å²) in [7, 11) is -4.28. The number of benzene rings is 3. The Morgan fingerprint density at radius 3 is 2.47 bits per heavy atom. The van der Waals surface area contributed by atoms with Crippen LogP contribution in [0, 0.1) is 6.92 Å². The van der Waals surface area contributed by atoms with E-state index in [2.05, 4.69) is 24.3 Å². The van der Waals surface area contributed by atoms with Gasteiger partial charge in [-0.3, -0.25) is 4.55 Å². The van der Waals surface area contributed by atoms with E-state index in [1.165, 1.54) is 42.9 Å². The number of hydrogen-bond donors (Lipinski definition) is 1. The average molecular weight is 449 g/mol. The Labute approximate surface area is 190 Å².